The number of thiazole rings is 2. The number of hydrogen-bond donors (Lipinski definition) is 2. The fourth-order valence-corrected chi connectivity index (χ4v) is 3.61. The molecular weight excluding hydrogens is 510 g/mol. The Morgan fingerprint density at radius 1 is 1.19 bits per heavy atom. The first-order valence-electron chi connectivity index (χ1n) is 8.27. The van der Waals surface area contributed by atoms with Crippen molar-refractivity contribution in [3.8, 4) is 0 Å². The van der Waals surface area contributed by atoms with Crippen LogP contribution in [0.1, 0.15) is 48.1 Å². The minimum atomic E-state index is -4.41. The first-order valence-corrected chi connectivity index (χ1v) is 10.0. The number of halogens is 4. The summed E-state index contributed by atoms with van der Waals surface area (Å²) in [7, 11) is 0. The van der Waals surface area contributed by atoms with Gasteiger partial charge in [0.15, 0.2) is 11.7 Å². The number of nitrogens with one attached hydrogen (secondary N) is 2. The highest BCUT2D eigenvalue weighted by Gasteiger charge is 2.33. The van der Waals surface area contributed by atoms with Crippen molar-refractivity contribution in [2.45, 2.75) is 45.8 Å². The van der Waals surface area contributed by atoms with Crippen molar-refractivity contribution < 1.29 is 13.2 Å². The third-order valence-corrected chi connectivity index (χ3v) is 5.32. The first-order chi connectivity index (χ1) is 12.3. The van der Waals surface area contributed by atoms with E-state index in [1.165, 1.54) is 0 Å². The second kappa shape index (κ2) is 11.1. The van der Waals surface area contributed by atoms with Crippen molar-refractivity contribution in [2.24, 2.45) is 4.99 Å². The van der Waals surface area contributed by atoms with Gasteiger partial charge in [-0.2, -0.15) is 13.2 Å². The maximum atomic E-state index is 12.6. The van der Waals surface area contributed by atoms with Crippen LogP contribution in [0.2, 0.25) is 0 Å². The standard InChI is InChI=1S/C16H22F3N5S2.HI/c1-4-20-15(21-6-5-11-8-26-14(23-11)10(2)3)22-7-13-24-12(9-25-13)16(17,18)19;/h8-10H,4-7H2,1-3H3,(H2,20,21,22);1H. The Hall–Kier alpha value is -0.950. The smallest absolute Gasteiger partial charge is 0.357 e. The Balaban J connectivity index is 0.00000364. The lowest BCUT2D eigenvalue weighted by Crippen LogP contribution is -2.38. The van der Waals surface area contributed by atoms with Crippen LogP contribution in [0.3, 0.4) is 0 Å². The highest BCUT2D eigenvalue weighted by atomic mass is 127. The maximum Gasteiger partial charge on any atom is 0.434 e. The SMILES string of the molecule is CCNC(=NCc1nc(C(F)(F)F)cs1)NCCc1csc(C(C)C)n1.I. The maximum absolute atomic E-state index is 12.6. The van der Waals surface area contributed by atoms with Gasteiger partial charge in [0.25, 0.3) is 0 Å². The second-order valence-electron chi connectivity index (χ2n) is 5.83. The largest absolute Gasteiger partial charge is 0.434 e. The molecule has 0 radical (unpaired) electrons. The van der Waals surface area contributed by atoms with Gasteiger partial charge in [0.1, 0.15) is 5.01 Å². The van der Waals surface area contributed by atoms with E-state index in [4.69, 9.17) is 0 Å². The van der Waals surface area contributed by atoms with Crippen LogP contribution in [-0.2, 0) is 19.1 Å². The van der Waals surface area contributed by atoms with Gasteiger partial charge >= 0.3 is 6.18 Å². The van der Waals surface area contributed by atoms with Crippen LogP contribution < -0.4 is 10.6 Å². The van der Waals surface area contributed by atoms with Crippen LogP contribution in [-0.4, -0.2) is 29.0 Å². The molecule has 0 fully saturated rings. The zero-order valence-corrected chi connectivity index (χ0v) is 19.2. The molecule has 0 bridgehead atoms. The van der Waals surface area contributed by atoms with Gasteiger partial charge in [-0.3, -0.25) is 0 Å². The molecule has 152 valence electrons. The average Bonchev–Trinajstić information content (AvgIpc) is 3.21. The summed E-state index contributed by atoms with van der Waals surface area (Å²) in [6.45, 7) is 7.55. The van der Waals surface area contributed by atoms with Crippen LogP contribution >= 0.6 is 46.7 Å². The molecule has 11 heteroatoms. The van der Waals surface area contributed by atoms with E-state index < -0.39 is 11.9 Å². The van der Waals surface area contributed by atoms with Gasteiger partial charge in [0.05, 0.1) is 17.2 Å². The molecule has 0 aliphatic heterocycles. The van der Waals surface area contributed by atoms with E-state index in [-0.39, 0.29) is 30.5 Å². The van der Waals surface area contributed by atoms with Crippen molar-refractivity contribution in [1.29, 1.82) is 0 Å². The van der Waals surface area contributed by atoms with E-state index in [1.807, 2.05) is 6.92 Å². The molecule has 0 amide bonds. The molecule has 27 heavy (non-hydrogen) atoms. The number of alkyl halides is 3. The molecular formula is C16H23F3IN5S2. The minimum absolute atomic E-state index is 0. The van der Waals surface area contributed by atoms with Crippen LogP contribution in [0, 0.1) is 0 Å². The van der Waals surface area contributed by atoms with E-state index in [0.717, 1.165) is 33.8 Å². The third-order valence-electron chi connectivity index (χ3n) is 3.30. The first kappa shape index (κ1) is 24.1. The molecule has 0 aliphatic rings. The summed E-state index contributed by atoms with van der Waals surface area (Å²) in [6, 6.07) is 0. The van der Waals surface area contributed by atoms with Gasteiger partial charge < -0.3 is 10.6 Å². The van der Waals surface area contributed by atoms with Gasteiger partial charge in [0.2, 0.25) is 0 Å². The molecule has 0 spiro atoms. The lowest BCUT2D eigenvalue weighted by molar-refractivity contribution is -0.140. The summed E-state index contributed by atoms with van der Waals surface area (Å²) >= 11 is 2.62. The topological polar surface area (TPSA) is 62.2 Å². The van der Waals surface area contributed by atoms with E-state index in [9.17, 15) is 13.2 Å². The van der Waals surface area contributed by atoms with Crippen LogP contribution in [0.25, 0.3) is 0 Å². The fraction of sp³-hybridized carbons (Fsp3) is 0.562. The van der Waals surface area contributed by atoms with Crippen molar-refractivity contribution in [1.82, 2.24) is 20.6 Å². The average molecular weight is 533 g/mol. The molecule has 0 unspecified atom stereocenters. The van der Waals surface area contributed by atoms with Crippen LogP contribution in [0.15, 0.2) is 15.8 Å². The molecule has 0 aromatic carbocycles. The third kappa shape index (κ3) is 7.90. The number of guanidine groups is 1. The quantitative estimate of drug-likeness (QED) is 0.309. The van der Waals surface area contributed by atoms with Crippen molar-refractivity contribution in [2.75, 3.05) is 13.1 Å². The van der Waals surface area contributed by atoms with E-state index >= 15 is 0 Å². The summed E-state index contributed by atoms with van der Waals surface area (Å²) in [5.74, 6) is 0.969. The molecule has 0 aliphatic carbocycles. The fourth-order valence-electron chi connectivity index (χ4n) is 2.01. The zero-order chi connectivity index (χ0) is 19.2. The summed E-state index contributed by atoms with van der Waals surface area (Å²) < 4.78 is 37.7. The Kier molecular flexibility index (Phi) is 9.95. The molecule has 2 rings (SSSR count). The van der Waals surface area contributed by atoms with Gasteiger partial charge in [-0.25, -0.2) is 15.0 Å². The second-order valence-corrected chi connectivity index (χ2v) is 7.66. The normalized spacial score (nSPS) is 12.2. The molecule has 0 saturated heterocycles. The molecule has 2 aromatic rings. The number of rotatable bonds is 7. The summed E-state index contributed by atoms with van der Waals surface area (Å²) in [6.07, 6.45) is -3.66. The van der Waals surface area contributed by atoms with Gasteiger partial charge in [0, 0.05) is 36.2 Å². The number of nitrogens with zero attached hydrogens (tertiary/aromatic N) is 3. The summed E-state index contributed by atoms with van der Waals surface area (Å²) in [5.41, 5.74) is 0.159. The van der Waals surface area contributed by atoms with Crippen molar-refractivity contribution in [3.05, 3.63) is 32.2 Å². The molecule has 2 N–H and O–H groups in total. The molecule has 2 heterocycles. The van der Waals surface area contributed by atoms with Crippen LogP contribution in [0.4, 0.5) is 13.2 Å². The summed E-state index contributed by atoms with van der Waals surface area (Å²) in [4.78, 5) is 12.5. The van der Waals surface area contributed by atoms with E-state index in [2.05, 4.69) is 44.8 Å². The van der Waals surface area contributed by atoms with Gasteiger partial charge in [-0.1, -0.05) is 13.8 Å². The van der Waals surface area contributed by atoms with E-state index in [0.29, 0.717) is 30.0 Å². The predicted octanol–water partition coefficient (Wildman–Crippen LogP) is 4.66. The molecule has 0 saturated carbocycles. The minimum Gasteiger partial charge on any atom is -0.357 e. The Morgan fingerprint density at radius 2 is 1.93 bits per heavy atom. The zero-order valence-electron chi connectivity index (χ0n) is 15.3. The highest BCUT2D eigenvalue weighted by molar-refractivity contribution is 14.0. The number of aromatic nitrogens is 2. The lowest BCUT2D eigenvalue weighted by Gasteiger charge is -2.10. The predicted molar refractivity (Wildman–Crippen MR) is 115 cm³/mol. The van der Waals surface area contributed by atoms with Crippen molar-refractivity contribution in [3.63, 3.8) is 0 Å². The van der Waals surface area contributed by atoms with E-state index in [1.54, 1.807) is 11.3 Å². The lowest BCUT2D eigenvalue weighted by atomic mass is 10.2. The Morgan fingerprint density at radius 3 is 2.48 bits per heavy atom. The monoisotopic (exact) mass is 533 g/mol. The summed E-state index contributed by atoms with van der Waals surface area (Å²) in [5, 5.41) is 10.8. The highest BCUT2D eigenvalue weighted by Crippen LogP contribution is 2.30. The van der Waals surface area contributed by atoms with Crippen molar-refractivity contribution >= 4 is 52.6 Å². The Labute approximate surface area is 181 Å². The molecule has 0 atom stereocenters. The van der Waals surface area contributed by atoms with Crippen LogP contribution in [0.5, 0.6) is 0 Å². The molecule has 2 aromatic heterocycles. The number of aliphatic imine (C=N–C) groups is 1. The number of hydrogen-bond acceptors (Lipinski definition) is 5. The Bertz CT molecular complexity index is 728. The molecule has 5 nitrogen and oxygen atoms in total. The van der Waals surface area contributed by atoms with Gasteiger partial charge in [-0.15, -0.1) is 46.7 Å². The van der Waals surface area contributed by atoms with Gasteiger partial charge in [-0.05, 0) is 6.92 Å².